The van der Waals surface area contributed by atoms with E-state index in [-0.39, 0.29) is 0 Å². The summed E-state index contributed by atoms with van der Waals surface area (Å²) in [6.07, 6.45) is 0. The van der Waals surface area contributed by atoms with Gasteiger partial charge < -0.3 is 22.4 Å². The third-order valence-corrected chi connectivity index (χ3v) is 20.4. The first-order chi connectivity index (χ1) is 46.1. The number of para-hydroxylation sites is 4. The Morgan fingerprint density at radius 3 is 1.40 bits per heavy atom. The molecule has 0 atom stereocenters. The molecule has 0 bridgehead atoms. The number of furan rings is 1. The smallest absolute Gasteiger partial charge is 0.160 e. The van der Waals surface area contributed by atoms with Crippen molar-refractivity contribution >= 4 is 153 Å². The first-order valence-corrected chi connectivity index (χ1v) is 31.9. The van der Waals surface area contributed by atoms with Crippen LogP contribution in [-0.4, -0.2) is 27.9 Å². The Hall–Kier alpha value is -12.6. The molecule has 0 radical (unpaired) electrons. The molecule has 22 rings (SSSR count). The van der Waals surface area contributed by atoms with Crippen LogP contribution in [0.2, 0.25) is 0 Å². The van der Waals surface area contributed by atoms with Crippen LogP contribution < -0.4 is 0 Å². The van der Waals surface area contributed by atoms with E-state index in [1.54, 1.807) is 0 Å². The van der Waals surface area contributed by atoms with Crippen molar-refractivity contribution in [2.45, 2.75) is 0 Å². The molecule has 93 heavy (non-hydrogen) atoms. The van der Waals surface area contributed by atoms with Crippen molar-refractivity contribution in [3.63, 3.8) is 0 Å². The fourth-order valence-electron chi connectivity index (χ4n) is 16.5. The predicted octanol–water partition coefficient (Wildman–Crippen LogP) is 22.7. The second-order valence-corrected chi connectivity index (χ2v) is 25.1. The highest BCUT2D eigenvalue weighted by Gasteiger charge is 2.27. The molecule has 428 valence electrons. The van der Waals surface area contributed by atoms with Gasteiger partial charge in [0.2, 0.25) is 0 Å². The van der Waals surface area contributed by atoms with Crippen LogP contribution in [0.1, 0.15) is 0 Å². The van der Waals surface area contributed by atoms with E-state index in [9.17, 15) is 0 Å². The lowest BCUT2D eigenvalue weighted by Crippen LogP contribution is -1.98. The molecular formula is C86H48N6O. The largest absolute Gasteiger partial charge is 0.455 e. The monoisotopic (exact) mass is 1180 g/mol. The molecule has 14 aromatic carbocycles. The van der Waals surface area contributed by atoms with Gasteiger partial charge in [0.05, 0.1) is 66.4 Å². The van der Waals surface area contributed by atoms with Crippen molar-refractivity contribution in [1.82, 2.24) is 27.9 Å². The SMILES string of the molecule is c1ccc(-c2nc(-c3ccc(-c4ccc5c6cccc7c6c6c(ccc8c9ccccc9n(c5c4)c86)n7-c4cc(-c5ccccc5)c5oc6ccccc6c5c4)cc3)nc3ccc(-n4c5cccc6c7ccccc7n7c8ccccc8c8ccc4c(c65)c87)cc23)cc1. The van der Waals surface area contributed by atoms with Crippen molar-refractivity contribution < 1.29 is 4.42 Å². The summed E-state index contributed by atoms with van der Waals surface area (Å²) in [5.74, 6) is 0.680. The minimum atomic E-state index is 0.680. The zero-order valence-electron chi connectivity index (χ0n) is 49.8. The van der Waals surface area contributed by atoms with Crippen LogP contribution >= 0.6 is 0 Å². The van der Waals surface area contributed by atoms with E-state index in [2.05, 4.69) is 309 Å². The number of rotatable bonds is 6. The van der Waals surface area contributed by atoms with Crippen LogP contribution in [-0.2, 0) is 0 Å². The lowest BCUT2D eigenvalue weighted by Gasteiger charge is -2.14. The van der Waals surface area contributed by atoms with Crippen molar-refractivity contribution in [3.8, 4) is 56.3 Å². The molecule has 0 saturated heterocycles. The van der Waals surface area contributed by atoms with Gasteiger partial charge >= 0.3 is 0 Å². The Bertz CT molecular complexity index is 6960. The van der Waals surface area contributed by atoms with Crippen LogP contribution in [0.3, 0.4) is 0 Å². The van der Waals surface area contributed by atoms with Gasteiger partial charge in [-0.2, -0.15) is 0 Å². The summed E-state index contributed by atoms with van der Waals surface area (Å²) in [6, 6.07) is 107. The molecule has 0 fully saturated rings. The Morgan fingerprint density at radius 1 is 0.258 bits per heavy atom. The number of hydrogen-bond acceptors (Lipinski definition) is 3. The average Bonchev–Trinajstić information content (AvgIpc) is 1.53. The van der Waals surface area contributed by atoms with E-state index in [1.807, 2.05) is 0 Å². The standard InChI is InChI=1S/C86H48N6O/c1-3-17-50(18-4-1)65-47-55(48-66-60-24-10-14-32-77(60)93-85(65)66)90-73-31-16-26-62-59-39-37-53(45-76(59)92-71-29-13-9-23-58(71)64-41-44-75(90)81(79(62)73)84(64)92)49-33-35-52(36-34-49)86-87-68-42-38-54(46-67(68)82(88-86)51-19-5-2-6-20-51)89-72-30-15-25-61-56-21-7-11-27-69(56)91-70-28-12-8-22-57(70)63-40-43-74(89)80(78(61)72)83(63)91/h1-48H. The zero-order valence-corrected chi connectivity index (χ0v) is 49.8. The first-order valence-electron chi connectivity index (χ1n) is 31.9. The second-order valence-electron chi connectivity index (χ2n) is 25.1. The third-order valence-electron chi connectivity index (χ3n) is 20.4. The molecule has 0 aliphatic carbocycles. The normalized spacial score (nSPS) is 12.5. The molecule has 0 aliphatic rings. The molecule has 0 unspecified atom stereocenters. The zero-order chi connectivity index (χ0) is 60.3. The maximum absolute atomic E-state index is 6.70. The second kappa shape index (κ2) is 18.1. The van der Waals surface area contributed by atoms with E-state index < -0.39 is 0 Å². The molecule has 8 heterocycles. The quantitative estimate of drug-likeness (QED) is 0.167. The lowest BCUT2D eigenvalue weighted by atomic mass is 9.99. The van der Waals surface area contributed by atoms with Gasteiger partial charge in [0.1, 0.15) is 11.2 Å². The van der Waals surface area contributed by atoms with Gasteiger partial charge in [-0.05, 0) is 112 Å². The maximum atomic E-state index is 6.70. The van der Waals surface area contributed by atoms with Crippen LogP contribution in [0.5, 0.6) is 0 Å². The fourth-order valence-corrected chi connectivity index (χ4v) is 16.5. The van der Waals surface area contributed by atoms with E-state index >= 15 is 0 Å². The highest BCUT2D eigenvalue weighted by molar-refractivity contribution is 6.35. The van der Waals surface area contributed by atoms with Crippen LogP contribution in [0, 0.1) is 0 Å². The third kappa shape index (κ3) is 6.56. The number of fused-ring (bicyclic) bond motifs is 16. The molecule has 22 aromatic rings. The Labute approximate surface area is 529 Å². The number of hydrogen-bond donors (Lipinski definition) is 0. The Kier molecular flexibility index (Phi) is 9.58. The van der Waals surface area contributed by atoms with Crippen molar-refractivity contribution in [1.29, 1.82) is 0 Å². The van der Waals surface area contributed by atoms with Crippen LogP contribution in [0.15, 0.2) is 296 Å². The molecular weight excluding hydrogens is 1130 g/mol. The van der Waals surface area contributed by atoms with Crippen molar-refractivity contribution in [2.75, 3.05) is 0 Å². The lowest BCUT2D eigenvalue weighted by molar-refractivity contribution is 0.670. The van der Waals surface area contributed by atoms with Crippen molar-refractivity contribution in [3.05, 3.63) is 291 Å². The highest BCUT2D eigenvalue weighted by atomic mass is 16.3. The van der Waals surface area contributed by atoms with Gasteiger partial charge in [0, 0.05) is 98.1 Å². The van der Waals surface area contributed by atoms with E-state index in [0.717, 1.165) is 111 Å². The van der Waals surface area contributed by atoms with Crippen LogP contribution in [0.4, 0.5) is 0 Å². The van der Waals surface area contributed by atoms with Gasteiger partial charge in [0.25, 0.3) is 0 Å². The van der Waals surface area contributed by atoms with E-state index in [1.165, 1.54) is 92.2 Å². The van der Waals surface area contributed by atoms with Crippen LogP contribution in [0.25, 0.3) is 209 Å². The molecule has 0 saturated carbocycles. The number of aromatic nitrogens is 6. The number of nitrogens with zero attached hydrogens (tertiary/aromatic N) is 6. The molecule has 8 aromatic heterocycles. The summed E-state index contributed by atoms with van der Waals surface area (Å²) >= 11 is 0. The summed E-state index contributed by atoms with van der Waals surface area (Å²) in [5.41, 5.74) is 24.0. The highest BCUT2D eigenvalue weighted by Crippen LogP contribution is 2.49. The molecule has 0 N–H and O–H groups in total. The Balaban J connectivity index is 0.702. The van der Waals surface area contributed by atoms with Gasteiger partial charge in [0.15, 0.2) is 5.82 Å². The predicted molar refractivity (Wildman–Crippen MR) is 387 cm³/mol. The van der Waals surface area contributed by atoms with Gasteiger partial charge in [-0.1, -0.05) is 206 Å². The summed E-state index contributed by atoms with van der Waals surface area (Å²) in [5, 5.41) is 18.1. The van der Waals surface area contributed by atoms with E-state index in [4.69, 9.17) is 14.4 Å². The minimum absolute atomic E-state index is 0.680. The summed E-state index contributed by atoms with van der Waals surface area (Å²) < 4.78 is 16.7. The van der Waals surface area contributed by atoms with Crippen molar-refractivity contribution in [2.24, 2.45) is 0 Å². The minimum Gasteiger partial charge on any atom is -0.455 e. The first kappa shape index (κ1) is 49.3. The number of benzene rings is 14. The maximum Gasteiger partial charge on any atom is 0.160 e. The van der Waals surface area contributed by atoms with E-state index in [0.29, 0.717) is 5.82 Å². The summed E-state index contributed by atoms with van der Waals surface area (Å²) in [6.45, 7) is 0. The molecule has 0 amide bonds. The molecule has 7 nitrogen and oxygen atoms in total. The molecule has 7 heteroatoms. The summed E-state index contributed by atoms with van der Waals surface area (Å²) in [7, 11) is 0. The van der Waals surface area contributed by atoms with Gasteiger partial charge in [-0.15, -0.1) is 0 Å². The summed E-state index contributed by atoms with van der Waals surface area (Å²) in [4.78, 5) is 10.9. The Morgan fingerprint density at radius 2 is 0.742 bits per heavy atom. The average molecular weight is 1180 g/mol. The molecule has 0 aliphatic heterocycles. The topological polar surface area (TPSA) is 57.6 Å². The molecule has 0 spiro atoms. The van der Waals surface area contributed by atoms with Gasteiger partial charge in [-0.25, -0.2) is 9.97 Å². The van der Waals surface area contributed by atoms with Gasteiger partial charge in [-0.3, -0.25) is 0 Å². The fraction of sp³-hybridized carbons (Fsp3) is 0.